The minimum atomic E-state index is -0.760. The Morgan fingerprint density at radius 3 is 2.45 bits per heavy atom. The fourth-order valence-corrected chi connectivity index (χ4v) is 5.18. The van der Waals surface area contributed by atoms with Crippen molar-refractivity contribution >= 4 is 51.1 Å². The number of carbonyl (C=O) groups excluding carboxylic acids is 3. The minimum Gasteiger partial charge on any atom is -0.326 e. The van der Waals surface area contributed by atoms with Crippen LogP contribution >= 0.6 is 27.7 Å². The highest BCUT2D eigenvalue weighted by molar-refractivity contribution is 9.10. The van der Waals surface area contributed by atoms with Crippen molar-refractivity contribution in [3.05, 3.63) is 47.2 Å². The molecule has 2 fully saturated rings. The van der Waals surface area contributed by atoms with Gasteiger partial charge in [0.05, 0.1) is 17.9 Å². The Morgan fingerprint density at radius 2 is 1.77 bits per heavy atom. The molecule has 9 heteroatoms. The molecule has 0 bridgehead atoms. The molecule has 1 aromatic carbocycles. The van der Waals surface area contributed by atoms with Gasteiger partial charge in [0.2, 0.25) is 11.8 Å². The van der Waals surface area contributed by atoms with E-state index in [4.69, 9.17) is 0 Å². The summed E-state index contributed by atoms with van der Waals surface area (Å²) in [4.78, 5) is 50.6. The Balaban J connectivity index is 1.55. The van der Waals surface area contributed by atoms with Crippen LogP contribution in [0.2, 0.25) is 0 Å². The molecule has 1 unspecified atom stereocenters. The van der Waals surface area contributed by atoms with Crippen LogP contribution in [0.5, 0.6) is 0 Å². The zero-order valence-corrected chi connectivity index (χ0v) is 19.3. The van der Waals surface area contributed by atoms with E-state index in [2.05, 4.69) is 25.9 Å². The lowest BCUT2D eigenvalue weighted by molar-refractivity contribution is -0.139. The molecule has 4 rings (SSSR count). The maximum Gasteiger partial charge on any atom is 0.257 e. The number of nitrogens with zero attached hydrogens (tertiary/aromatic N) is 4. The van der Waals surface area contributed by atoms with E-state index in [0.717, 1.165) is 36.6 Å². The summed E-state index contributed by atoms with van der Waals surface area (Å²) in [5, 5.41) is 0.518. The SMILES string of the molecule is O=C1CC(N(C(=O)CSc2ncccn2)C2CCCCC2)C(=O)N1c1ccc(Br)cc1. The van der Waals surface area contributed by atoms with Crippen LogP contribution in [0.4, 0.5) is 5.69 Å². The third-order valence-corrected chi connectivity index (χ3v) is 7.06. The van der Waals surface area contributed by atoms with Gasteiger partial charge in [-0.3, -0.25) is 14.4 Å². The maximum atomic E-state index is 13.3. The first-order valence-electron chi connectivity index (χ1n) is 10.4. The van der Waals surface area contributed by atoms with Crippen LogP contribution in [-0.2, 0) is 14.4 Å². The van der Waals surface area contributed by atoms with Crippen molar-refractivity contribution in [2.75, 3.05) is 10.7 Å². The number of amides is 3. The fraction of sp³-hybridized carbons (Fsp3) is 0.409. The van der Waals surface area contributed by atoms with Crippen LogP contribution in [-0.4, -0.2) is 50.4 Å². The standard InChI is InChI=1S/C22H23BrN4O3S/c23-15-7-9-17(10-8-15)27-19(28)13-18(21(27)30)26(16-5-2-1-3-6-16)20(29)14-31-22-24-11-4-12-25-22/h4,7-12,16,18H,1-3,5-6,13-14H2. The molecule has 162 valence electrons. The molecule has 2 aromatic rings. The number of hydrogen-bond acceptors (Lipinski definition) is 6. The van der Waals surface area contributed by atoms with Crippen LogP contribution in [0.1, 0.15) is 38.5 Å². The summed E-state index contributed by atoms with van der Waals surface area (Å²) in [7, 11) is 0. The van der Waals surface area contributed by atoms with Crippen molar-refractivity contribution in [3.63, 3.8) is 0 Å². The highest BCUT2D eigenvalue weighted by Crippen LogP contribution is 2.32. The first kappa shape index (κ1) is 22.0. The molecule has 1 aliphatic heterocycles. The summed E-state index contributed by atoms with van der Waals surface area (Å²) in [6.45, 7) is 0. The molecule has 2 heterocycles. The minimum absolute atomic E-state index is 0.0175. The highest BCUT2D eigenvalue weighted by atomic mass is 79.9. The van der Waals surface area contributed by atoms with Crippen molar-refractivity contribution in [1.82, 2.24) is 14.9 Å². The van der Waals surface area contributed by atoms with Gasteiger partial charge in [0.1, 0.15) is 6.04 Å². The number of carbonyl (C=O) groups is 3. The van der Waals surface area contributed by atoms with E-state index in [9.17, 15) is 14.4 Å². The summed E-state index contributed by atoms with van der Waals surface area (Å²) in [5.41, 5.74) is 0.531. The predicted octanol–water partition coefficient (Wildman–Crippen LogP) is 3.82. The second-order valence-corrected chi connectivity index (χ2v) is 9.53. The van der Waals surface area contributed by atoms with Crippen molar-refractivity contribution in [2.45, 2.75) is 55.8 Å². The molecule has 0 N–H and O–H groups in total. The summed E-state index contributed by atoms with van der Waals surface area (Å²) in [6, 6.07) is 8.00. The Kier molecular flexibility index (Phi) is 7.02. The smallest absolute Gasteiger partial charge is 0.257 e. The zero-order chi connectivity index (χ0) is 21.8. The lowest BCUT2D eigenvalue weighted by Gasteiger charge is -2.37. The zero-order valence-electron chi connectivity index (χ0n) is 16.9. The van der Waals surface area contributed by atoms with Gasteiger partial charge >= 0.3 is 0 Å². The van der Waals surface area contributed by atoms with Crippen LogP contribution in [0, 0.1) is 0 Å². The number of halogens is 1. The van der Waals surface area contributed by atoms with Gasteiger partial charge in [0, 0.05) is 22.9 Å². The molecule has 0 spiro atoms. The number of hydrogen-bond donors (Lipinski definition) is 0. The van der Waals surface area contributed by atoms with Gasteiger partial charge in [0.25, 0.3) is 5.91 Å². The molecule has 1 saturated heterocycles. The largest absolute Gasteiger partial charge is 0.326 e. The van der Waals surface area contributed by atoms with Gasteiger partial charge in [-0.1, -0.05) is 47.0 Å². The third kappa shape index (κ3) is 4.98. The molecule has 1 aliphatic carbocycles. The van der Waals surface area contributed by atoms with E-state index < -0.39 is 6.04 Å². The number of thioether (sulfide) groups is 1. The molecule has 3 amide bonds. The topological polar surface area (TPSA) is 83.5 Å². The molecular formula is C22H23BrN4O3S. The molecule has 1 aromatic heterocycles. The Morgan fingerprint density at radius 1 is 1.10 bits per heavy atom. The van der Waals surface area contributed by atoms with Crippen LogP contribution in [0.15, 0.2) is 52.4 Å². The van der Waals surface area contributed by atoms with Crippen molar-refractivity contribution in [2.24, 2.45) is 0 Å². The normalized spacial score (nSPS) is 19.6. The van der Waals surface area contributed by atoms with Crippen molar-refractivity contribution in [1.29, 1.82) is 0 Å². The predicted molar refractivity (Wildman–Crippen MR) is 122 cm³/mol. The molecule has 2 aliphatic rings. The first-order chi connectivity index (χ1) is 15.0. The van der Waals surface area contributed by atoms with Gasteiger partial charge in [-0.05, 0) is 43.2 Å². The molecule has 0 radical (unpaired) electrons. The van der Waals surface area contributed by atoms with Crippen LogP contribution < -0.4 is 4.90 Å². The summed E-state index contributed by atoms with van der Waals surface area (Å²) in [5.74, 6) is -0.609. The van der Waals surface area contributed by atoms with Gasteiger partial charge < -0.3 is 4.90 Å². The van der Waals surface area contributed by atoms with E-state index in [1.165, 1.54) is 16.7 Å². The van der Waals surface area contributed by atoms with Crippen LogP contribution in [0.3, 0.4) is 0 Å². The van der Waals surface area contributed by atoms with Gasteiger partial charge in [0.15, 0.2) is 5.16 Å². The van der Waals surface area contributed by atoms with Crippen molar-refractivity contribution < 1.29 is 14.4 Å². The lowest BCUT2D eigenvalue weighted by Crippen LogP contribution is -2.52. The van der Waals surface area contributed by atoms with E-state index in [1.807, 2.05) is 0 Å². The van der Waals surface area contributed by atoms with Crippen molar-refractivity contribution in [3.8, 4) is 0 Å². The molecular weight excluding hydrogens is 480 g/mol. The fourth-order valence-electron chi connectivity index (χ4n) is 4.25. The third-order valence-electron chi connectivity index (χ3n) is 5.67. The number of benzene rings is 1. The van der Waals surface area contributed by atoms with Gasteiger partial charge in [-0.15, -0.1) is 0 Å². The van der Waals surface area contributed by atoms with E-state index in [0.29, 0.717) is 10.8 Å². The van der Waals surface area contributed by atoms with E-state index in [-0.39, 0.29) is 35.9 Å². The molecule has 31 heavy (non-hydrogen) atoms. The summed E-state index contributed by atoms with van der Waals surface area (Å²) >= 11 is 4.63. The van der Waals surface area contributed by atoms with E-state index >= 15 is 0 Å². The quantitative estimate of drug-likeness (QED) is 0.339. The Hall–Kier alpha value is -2.26. The Bertz CT molecular complexity index is 951. The monoisotopic (exact) mass is 502 g/mol. The number of imide groups is 1. The highest BCUT2D eigenvalue weighted by Gasteiger charge is 2.46. The number of aromatic nitrogens is 2. The van der Waals surface area contributed by atoms with Crippen LogP contribution in [0.25, 0.3) is 0 Å². The average Bonchev–Trinajstić information content (AvgIpc) is 3.08. The lowest BCUT2D eigenvalue weighted by atomic mass is 9.92. The average molecular weight is 503 g/mol. The van der Waals surface area contributed by atoms with Gasteiger partial charge in [-0.2, -0.15) is 0 Å². The number of anilines is 1. The molecule has 1 saturated carbocycles. The van der Waals surface area contributed by atoms with Gasteiger partial charge in [-0.25, -0.2) is 14.9 Å². The summed E-state index contributed by atoms with van der Waals surface area (Å²) in [6.07, 6.45) is 8.17. The summed E-state index contributed by atoms with van der Waals surface area (Å²) < 4.78 is 0.867. The van der Waals surface area contributed by atoms with E-state index in [1.54, 1.807) is 47.6 Å². The molecule has 1 atom stereocenters. The Labute approximate surface area is 193 Å². The number of rotatable bonds is 6. The second kappa shape index (κ2) is 9.91. The maximum absolute atomic E-state index is 13.3. The second-order valence-electron chi connectivity index (χ2n) is 7.68. The molecule has 7 nitrogen and oxygen atoms in total. The first-order valence-corrected chi connectivity index (χ1v) is 12.2.